The average Bonchev–Trinajstić information content (AvgIpc) is 3.01. The highest BCUT2D eigenvalue weighted by molar-refractivity contribution is 5.97. The molecule has 0 spiro atoms. The molecule has 0 unspecified atom stereocenters. The molecule has 1 aliphatic rings. The van der Waals surface area contributed by atoms with Crippen LogP contribution in [0.3, 0.4) is 0 Å². The fraction of sp³-hybridized carbons (Fsp3) is 0.278. The molecule has 2 aromatic carbocycles. The summed E-state index contributed by atoms with van der Waals surface area (Å²) in [4.78, 5) is 13.9. The quantitative estimate of drug-likeness (QED) is 0.925. The molecule has 3 rings (SSSR count). The molecule has 21 heavy (non-hydrogen) atoms. The Bertz CT molecular complexity index is 673. The molecule has 1 fully saturated rings. The maximum absolute atomic E-state index is 11.5. The zero-order valence-corrected chi connectivity index (χ0v) is 12.2. The molecule has 0 radical (unpaired) electrons. The first-order valence-corrected chi connectivity index (χ1v) is 7.35. The molecule has 3 nitrogen and oxygen atoms in total. The van der Waals surface area contributed by atoms with E-state index < -0.39 is 5.97 Å². The summed E-state index contributed by atoms with van der Waals surface area (Å²) in [5, 5.41) is 9.46. The van der Waals surface area contributed by atoms with Crippen molar-refractivity contribution in [3.63, 3.8) is 0 Å². The van der Waals surface area contributed by atoms with Crippen LogP contribution in [0.25, 0.3) is 11.1 Å². The van der Waals surface area contributed by atoms with Crippen LogP contribution in [0.2, 0.25) is 0 Å². The minimum absolute atomic E-state index is 0.368. The van der Waals surface area contributed by atoms with Gasteiger partial charge in [-0.1, -0.05) is 24.3 Å². The zero-order valence-electron chi connectivity index (χ0n) is 12.2. The largest absolute Gasteiger partial charge is 0.478 e. The molecule has 0 atom stereocenters. The van der Waals surface area contributed by atoms with Crippen LogP contribution in [0.4, 0.5) is 5.69 Å². The number of nitrogens with zero attached hydrogens (tertiary/aromatic N) is 1. The molecule has 0 bridgehead atoms. The minimum Gasteiger partial charge on any atom is -0.478 e. The number of hydrogen-bond acceptors (Lipinski definition) is 2. The summed E-state index contributed by atoms with van der Waals surface area (Å²) in [5.74, 6) is -0.874. The van der Waals surface area contributed by atoms with E-state index in [0.29, 0.717) is 5.56 Å². The molecule has 1 aliphatic heterocycles. The van der Waals surface area contributed by atoms with E-state index in [2.05, 4.69) is 4.90 Å². The van der Waals surface area contributed by atoms with Crippen molar-refractivity contribution >= 4 is 11.7 Å². The average molecular weight is 281 g/mol. The van der Waals surface area contributed by atoms with Gasteiger partial charge in [0, 0.05) is 18.8 Å². The Balaban J connectivity index is 2.13. The van der Waals surface area contributed by atoms with Crippen molar-refractivity contribution in [2.24, 2.45) is 0 Å². The lowest BCUT2D eigenvalue weighted by atomic mass is 9.95. The van der Waals surface area contributed by atoms with Gasteiger partial charge in [-0.3, -0.25) is 0 Å². The van der Waals surface area contributed by atoms with Crippen molar-refractivity contribution in [1.29, 1.82) is 0 Å². The second-order valence-electron chi connectivity index (χ2n) is 5.54. The van der Waals surface area contributed by atoms with E-state index in [4.69, 9.17) is 0 Å². The molecule has 1 N–H and O–H groups in total. The molecule has 3 heteroatoms. The Morgan fingerprint density at radius 2 is 1.76 bits per heavy atom. The van der Waals surface area contributed by atoms with Crippen molar-refractivity contribution in [2.75, 3.05) is 18.0 Å². The third kappa shape index (κ3) is 2.64. The smallest absolute Gasteiger partial charge is 0.336 e. The predicted octanol–water partition coefficient (Wildman–Crippen LogP) is 3.96. The van der Waals surface area contributed by atoms with Gasteiger partial charge in [0.05, 0.1) is 5.56 Å². The number of benzene rings is 2. The van der Waals surface area contributed by atoms with Crippen LogP contribution in [0.5, 0.6) is 0 Å². The maximum atomic E-state index is 11.5. The molecule has 108 valence electrons. The molecule has 1 saturated heterocycles. The third-order valence-electron chi connectivity index (χ3n) is 4.14. The molecule has 0 aromatic heterocycles. The van der Waals surface area contributed by atoms with E-state index in [-0.39, 0.29) is 0 Å². The summed E-state index contributed by atoms with van der Waals surface area (Å²) < 4.78 is 0. The minimum atomic E-state index is -0.874. The second kappa shape index (κ2) is 5.60. The number of carbonyl (C=O) groups is 1. The number of aryl methyl sites for hydroxylation is 1. The molecule has 0 amide bonds. The van der Waals surface area contributed by atoms with Gasteiger partial charge < -0.3 is 10.0 Å². The normalized spacial score (nSPS) is 14.4. The summed E-state index contributed by atoms with van der Waals surface area (Å²) in [7, 11) is 0. The number of carboxylic acid groups (broad SMARTS) is 1. The number of rotatable bonds is 3. The lowest BCUT2D eigenvalue weighted by molar-refractivity contribution is 0.0698. The van der Waals surface area contributed by atoms with Gasteiger partial charge in [-0.15, -0.1) is 0 Å². The summed E-state index contributed by atoms with van der Waals surface area (Å²) in [5.41, 5.74) is 4.39. The van der Waals surface area contributed by atoms with Gasteiger partial charge in [0.25, 0.3) is 0 Å². The maximum Gasteiger partial charge on any atom is 0.336 e. The molecule has 0 saturated carbocycles. The van der Waals surface area contributed by atoms with Crippen molar-refractivity contribution < 1.29 is 9.90 Å². The van der Waals surface area contributed by atoms with Gasteiger partial charge in [-0.05, 0) is 54.7 Å². The molecular weight excluding hydrogens is 262 g/mol. The van der Waals surface area contributed by atoms with Crippen LogP contribution in [-0.4, -0.2) is 24.2 Å². The van der Waals surface area contributed by atoms with Gasteiger partial charge >= 0.3 is 5.97 Å². The van der Waals surface area contributed by atoms with E-state index in [9.17, 15) is 9.90 Å². The molecular formula is C18H19NO2. The first-order valence-electron chi connectivity index (χ1n) is 7.35. The van der Waals surface area contributed by atoms with Gasteiger partial charge in [-0.25, -0.2) is 4.79 Å². The second-order valence-corrected chi connectivity index (χ2v) is 5.54. The van der Waals surface area contributed by atoms with Crippen LogP contribution in [0.15, 0.2) is 42.5 Å². The summed E-state index contributed by atoms with van der Waals surface area (Å²) >= 11 is 0. The fourth-order valence-electron chi connectivity index (χ4n) is 2.99. The van der Waals surface area contributed by atoms with Gasteiger partial charge in [0.1, 0.15) is 0 Å². The monoisotopic (exact) mass is 281 g/mol. The topological polar surface area (TPSA) is 40.5 Å². The van der Waals surface area contributed by atoms with Gasteiger partial charge in [-0.2, -0.15) is 0 Å². The highest BCUT2D eigenvalue weighted by Gasteiger charge is 2.18. The van der Waals surface area contributed by atoms with Gasteiger partial charge in [0.2, 0.25) is 0 Å². The molecule has 1 heterocycles. The van der Waals surface area contributed by atoms with Crippen LogP contribution >= 0.6 is 0 Å². The summed E-state index contributed by atoms with van der Waals surface area (Å²) in [6, 6.07) is 13.6. The fourth-order valence-corrected chi connectivity index (χ4v) is 2.99. The van der Waals surface area contributed by atoms with E-state index in [1.165, 1.54) is 12.8 Å². The van der Waals surface area contributed by atoms with Crippen molar-refractivity contribution in [3.8, 4) is 11.1 Å². The third-order valence-corrected chi connectivity index (χ3v) is 4.14. The Kier molecular flexibility index (Phi) is 3.65. The van der Waals surface area contributed by atoms with E-state index in [0.717, 1.165) is 35.5 Å². The van der Waals surface area contributed by atoms with Crippen molar-refractivity contribution in [3.05, 3.63) is 53.6 Å². The molecule has 2 aromatic rings. The zero-order chi connectivity index (χ0) is 14.8. The first kappa shape index (κ1) is 13.7. The number of hydrogen-bond donors (Lipinski definition) is 1. The highest BCUT2D eigenvalue weighted by atomic mass is 16.4. The van der Waals surface area contributed by atoms with Gasteiger partial charge in [0.15, 0.2) is 0 Å². The number of aromatic carboxylic acids is 1. The van der Waals surface area contributed by atoms with Crippen LogP contribution in [0.1, 0.15) is 28.8 Å². The van der Waals surface area contributed by atoms with Crippen LogP contribution in [0, 0.1) is 6.92 Å². The Morgan fingerprint density at radius 1 is 1.05 bits per heavy atom. The highest BCUT2D eigenvalue weighted by Crippen LogP contribution is 2.32. The van der Waals surface area contributed by atoms with Crippen molar-refractivity contribution in [1.82, 2.24) is 0 Å². The molecule has 0 aliphatic carbocycles. The lowest BCUT2D eigenvalue weighted by Crippen LogP contribution is -2.17. The summed E-state index contributed by atoms with van der Waals surface area (Å²) in [6.45, 7) is 4.13. The Hall–Kier alpha value is -2.29. The van der Waals surface area contributed by atoms with Crippen LogP contribution < -0.4 is 4.90 Å². The van der Waals surface area contributed by atoms with E-state index >= 15 is 0 Å². The SMILES string of the molecule is Cc1ccccc1-c1cc(N2CCCC2)ccc1C(=O)O. The van der Waals surface area contributed by atoms with Crippen LogP contribution in [-0.2, 0) is 0 Å². The number of carboxylic acids is 1. The summed E-state index contributed by atoms with van der Waals surface area (Å²) in [6.07, 6.45) is 2.42. The first-order chi connectivity index (χ1) is 10.2. The number of anilines is 1. The Labute approximate surface area is 124 Å². The predicted molar refractivity (Wildman–Crippen MR) is 85.0 cm³/mol. The lowest BCUT2D eigenvalue weighted by Gasteiger charge is -2.20. The standard InChI is InChI=1S/C18H19NO2/c1-13-6-2-3-7-15(13)17-12-14(19-10-4-5-11-19)8-9-16(17)18(20)21/h2-3,6-9,12H,4-5,10-11H2,1H3,(H,20,21). The van der Waals surface area contributed by atoms with Crippen molar-refractivity contribution in [2.45, 2.75) is 19.8 Å². The Morgan fingerprint density at radius 3 is 2.43 bits per heavy atom. The van der Waals surface area contributed by atoms with E-state index in [1.54, 1.807) is 6.07 Å². The van der Waals surface area contributed by atoms with E-state index in [1.807, 2.05) is 43.3 Å².